The molecule has 2 amide bonds. The number of aryl methyl sites for hydroxylation is 1. The minimum atomic E-state index is -0.199. The van der Waals surface area contributed by atoms with Crippen LogP contribution in [0.3, 0.4) is 0 Å². The molecule has 0 bridgehead atoms. The van der Waals surface area contributed by atoms with Crippen LogP contribution in [0.5, 0.6) is 0 Å². The van der Waals surface area contributed by atoms with Gasteiger partial charge < -0.3 is 5.32 Å². The van der Waals surface area contributed by atoms with Crippen LogP contribution in [0.15, 0.2) is 39.5 Å². The lowest BCUT2D eigenvalue weighted by Gasteiger charge is -2.14. The first-order valence-electron chi connectivity index (χ1n) is 8.06. The number of nitrogens with one attached hydrogen (secondary N) is 1. The van der Waals surface area contributed by atoms with Gasteiger partial charge in [0.1, 0.15) is 0 Å². The van der Waals surface area contributed by atoms with Crippen LogP contribution in [0, 0.1) is 6.92 Å². The molecule has 1 aromatic carbocycles. The van der Waals surface area contributed by atoms with E-state index < -0.39 is 0 Å². The molecule has 6 nitrogen and oxygen atoms in total. The minimum Gasteiger partial charge on any atom is -0.300 e. The second-order valence-electron chi connectivity index (χ2n) is 5.64. The molecule has 0 saturated carbocycles. The molecule has 2 aromatic rings. The number of aliphatic imine (C=N–C) groups is 1. The minimum absolute atomic E-state index is 0.0541. The highest BCUT2D eigenvalue weighted by molar-refractivity contribution is 8.18. The predicted octanol–water partition coefficient (Wildman–Crippen LogP) is 3.72. The summed E-state index contributed by atoms with van der Waals surface area (Å²) >= 11 is 2.66. The summed E-state index contributed by atoms with van der Waals surface area (Å²) in [7, 11) is 0. The lowest BCUT2D eigenvalue weighted by Crippen LogP contribution is -2.27. The van der Waals surface area contributed by atoms with Crippen LogP contribution < -0.4 is 10.2 Å². The highest BCUT2D eigenvalue weighted by Gasteiger charge is 2.24. The van der Waals surface area contributed by atoms with Crippen molar-refractivity contribution in [2.45, 2.75) is 20.8 Å². The number of aromatic nitrogens is 1. The Morgan fingerprint density at radius 3 is 2.92 bits per heavy atom. The summed E-state index contributed by atoms with van der Waals surface area (Å²) in [5.41, 5.74) is 2.56. The monoisotopic (exact) mass is 386 g/mol. The van der Waals surface area contributed by atoms with E-state index in [1.165, 1.54) is 30.0 Å². The Bertz CT molecular complexity index is 917. The molecule has 1 aliphatic rings. The Labute approximate surface area is 160 Å². The zero-order chi connectivity index (χ0) is 18.7. The number of carbonyl (C=O) groups excluding carboxylic acids is 2. The standard InChI is InChI=1S/C18H18N4O2S2/c1-4-22(12(3)23)18-20-14(10-25-18)9-15-16(24)21-17(26-15)19-13-7-5-6-11(2)8-13/h5-10H,4H2,1-3H3,(H,19,21,24). The van der Waals surface area contributed by atoms with Gasteiger partial charge in [-0.3, -0.25) is 14.5 Å². The molecule has 8 heteroatoms. The number of rotatable bonds is 4. The van der Waals surface area contributed by atoms with Crippen LogP contribution >= 0.6 is 23.1 Å². The van der Waals surface area contributed by atoms with Crippen molar-refractivity contribution >= 4 is 57.0 Å². The average Bonchev–Trinajstić information content (AvgIpc) is 3.15. The van der Waals surface area contributed by atoms with Gasteiger partial charge >= 0.3 is 0 Å². The Morgan fingerprint density at radius 1 is 1.42 bits per heavy atom. The molecule has 1 fully saturated rings. The van der Waals surface area contributed by atoms with Crippen molar-refractivity contribution < 1.29 is 9.59 Å². The van der Waals surface area contributed by atoms with Crippen molar-refractivity contribution in [1.82, 2.24) is 10.3 Å². The van der Waals surface area contributed by atoms with Gasteiger partial charge in [-0.2, -0.15) is 0 Å². The number of benzene rings is 1. The Hall–Kier alpha value is -2.45. The molecule has 1 aliphatic heterocycles. The first kappa shape index (κ1) is 18.3. The number of thioether (sulfide) groups is 1. The molecule has 0 unspecified atom stereocenters. The van der Waals surface area contributed by atoms with Crippen LogP contribution in [0.1, 0.15) is 25.1 Å². The molecule has 0 aliphatic carbocycles. The van der Waals surface area contributed by atoms with E-state index in [-0.39, 0.29) is 11.8 Å². The van der Waals surface area contributed by atoms with Gasteiger partial charge in [-0.1, -0.05) is 12.1 Å². The zero-order valence-electron chi connectivity index (χ0n) is 14.6. The highest BCUT2D eigenvalue weighted by atomic mass is 32.2. The maximum absolute atomic E-state index is 12.2. The van der Waals surface area contributed by atoms with Gasteiger partial charge in [0, 0.05) is 18.8 Å². The lowest BCUT2D eigenvalue weighted by molar-refractivity contribution is -0.116. The summed E-state index contributed by atoms with van der Waals surface area (Å²) in [4.78, 5) is 34.8. The molecular formula is C18H18N4O2S2. The molecule has 134 valence electrons. The maximum Gasteiger partial charge on any atom is 0.264 e. The van der Waals surface area contributed by atoms with E-state index in [1.54, 1.807) is 11.0 Å². The number of hydrogen-bond donors (Lipinski definition) is 1. The summed E-state index contributed by atoms with van der Waals surface area (Å²) < 4.78 is 0. The Balaban J connectivity index is 1.79. The van der Waals surface area contributed by atoms with E-state index in [0.29, 0.717) is 27.4 Å². The van der Waals surface area contributed by atoms with Crippen molar-refractivity contribution in [3.05, 3.63) is 45.8 Å². The number of nitrogens with zero attached hydrogens (tertiary/aromatic N) is 3. The summed E-state index contributed by atoms with van der Waals surface area (Å²) in [6.45, 7) is 5.96. The molecule has 1 N–H and O–H groups in total. The quantitative estimate of drug-likeness (QED) is 0.813. The van der Waals surface area contributed by atoms with E-state index in [2.05, 4.69) is 15.3 Å². The number of carbonyl (C=O) groups is 2. The molecule has 0 atom stereocenters. The number of hydrogen-bond acceptors (Lipinski definition) is 6. The van der Waals surface area contributed by atoms with Gasteiger partial charge in [0.2, 0.25) is 5.91 Å². The molecular weight excluding hydrogens is 368 g/mol. The lowest BCUT2D eigenvalue weighted by atomic mass is 10.2. The summed E-state index contributed by atoms with van der Waals surface area (Å²) in [5.74, 6) is -0.253. The van der Waals surface area contributed by atoms with Crippen LogP contribution in [-0.2, 0) is 9.59 Å². The molecule has 26 heavy (non-hydrogen) atoms. The van der Waals surface area contributed by atoms with Gasteiger partial charge in [0.15, 0.2) is 10.3 Å². The van der Waals surface area contributed by atoms with Crippen LogP contribution in [0.4, 0.5) is 10.8 Å². The van der Waals surface area contributed by atoms with Crippen molar-refractivity contribution in [2.75, 3.05) is 11.4 Å². The highest BCUT2D eigenvalue weighted by Crippen LogP contribution is 2.29. The SMILES string of the molecule is CCN(C(C)=O)c1nc(C=C2SC(=Nc3cccc(C)c3)NC2=O)cs1. The number of thiazole rings is 1. The maximum atomic E-state index is 12.2. The molecule has 3 rings (SSSR count). The third kappa shape index (κ3) is 4.20. The second-order valence-corrected chi connectivity index (χ2v) is 7.51. The fraction of sp³-hybridized carbons (Fsp3) is 0.222. The molecule has 0 radical (unpaired) electrons. The smallest absolute Gasteiger partial charge is 0.264 e. The number of anilines is 1. The van der Waals surface area contributed by atoms with E-state index in [0.717, 1.165) is 11.3 Å². The topological polar surface area (TPSA) is 74.7 Å². The summed E-state index contributed by atoms with van der Waals surface area (Å²) in [6, 6.07) is 7.77. The van der Waals surface area contributed by atoms with E-state index in [9.17, 15) is 9.59 Å². The summed E-state index contributed by atoms with van der Waals surface area (Å²) in [6.07, 6.45) is 1.72. The Kier molecular flexibility index (Phi) is 5.53. The van der Waals surface area contributed by atoms with E-state index in [4.69, 9.17) is 0 Å². The van der Waals surface area contributed by atoms with Crippen LogP contribution in [0.25, 0.3) is 6.08 Å². The fourth-order valence-electron chi connectivity index (χ4n) is 2.39. The third-order valence-electron chi connectivity index (χ3n) is 3.60. The molecule has 2 heterocycles. The average molecular weight is 387 g/mol. The van der Waals surface area contributed by atoms with Gasteiger partial charge in [-0.25, -0.2) is 9.98 Å². The van der Waals surface area contributed by atoms with Crippen molar-refractivity contribution in [3.8, 4) is 0 Å². The second kappa shape index (κ2) is 7.84. The molecule has 0 spiro atoms. The van der Waals surface area contributed by atoms with Crippen LogP contribution in [0.2, 0.25) is 0 Å². The normalized spacial score (nSPS) is 17.0. The zero-order valence-corrected chi connectivity index (χ0v) is 16.3. The van der Waals surface area contributed by atoms with Crippen LogP contribution in [-0.4, -0.2) is 28.5 Å². The van der Waals surface area contributed by atoms with Crippen molar-refractivity contribution in [1.29, 1.82) is 0 Å². The number of amidine groups is 1. The van der Waals surface area contributed by atoms with Gasteiger partial charge in [0.05, 0.1) is 16.3 Å². The van der Waals surface area contributed by atoms with E-state index in [1.807, 2.05) is 43.5 Å². The molecule has 1 aromatic heterocycles. The predicted molar refractivity (Wildman–Crippen MR) is 108 cm³/mol. The number of amides is 2. The first-order valence-corrected chi connectivity index (χ1v) is 9.75. The van der Waals surface area contributed by atoms with Gasteiger partial charge in [-0.15, -0.1) is 11.3 Å². The molecule has 1 saturated heterocycles. The Morgan fingerprint density at radius 2 is 2.23 bits per heavy atom. The fourth-order valence-corrected chi connectivity index (χ4v) is 4.11. The summed E-state index contributed by atoms with van der Waals surface area (Å²) in [5, 5.41) is 5.77. The van der Waals surface area contributed by atoms with Gasteiger partial charge in [0.25, 0.3) is 5.91 Å². The van der Waals surface area contributed by atoms with E-state index >= 15 is 0 Å². The third-order valence-corrected chi connectivity index (χ3v) is 5.39. The first-order chi connectivity index (χ1) is 12.5. The van der Waals surface area contributed by atoms with Crippen molar-refractivity contribution in [2.24, 2.45) is 4.99 Å². The van der Waals surface area contributed by atoms with Crippen molar-refractivity contribution in [3.63, 3.8) is 0 Å². The largest absolute Gasteiger partial charge is 0.300 e. The van der Waals surface area contributed by atoms with Gasteiger partial charge in [-0.05, 0) is 49.4 Å².